The summed E-state index contributed by atoms with van der Waals surface area (Å²) in [6.07, 6.45) is 5.55. The lowest BCUT2D eigenvalue weighted by Gasteiger charge is -2.15. The summed E-state index contributed by atoms with van der Waals surface area (Å²) in [5.74, 6) is -0.271. The molecule has 0 spiro atoms. The molecule has 1 aliphatic carbocycles. The summed E-state index contributed by atoms with van der Waals surface area (Å²) in [4.78, 5) is 30.3. The topological polar surface area (TPSA) is 97.7 Å². The summed E-state index contributed by atoms with van der Waals surface area (Å²) in [6, 6.07) is 17.2. The number of aliphatic imine (C=N–C) groups is 1. The van der Waals surface area contributed by atoms with E-state index in [-0.39, 0.29) is 22.9 Å². The van der Waals surface area contributed by atoms with Crippen molar-refractivity contribution in [3.05, 3.63) is 94.9 Å². The lowest BCUT2D eigenvalue weighted by molar-refractivity contribution is 0.0955. The van der Waals surface area contributed by atoms with Crippen molar-refractivity contribution in [3.63, 3.8) is 0 Å². The van der Waals surface area contributed by atoms with Crippen LogP contribution in [-0.2, 0) is 0 Å². The number of nitrogens with one attached hydrogen (secondary N) is 1. The average molecular weight is 524 g/mol. The molecule has 5 rings (SSSR count). The molecule has 1 saturated carbocycles. The van der Waals surface area contributed by atoms with Crippen LogP contribution in [0.5, 0.6) is 0 Å². The van der Waals surface area contributed by atoms with Gasteiger partial charge in [0, 0.05) is 54.4 Å². The van der Waals surface area contributed by atoms with E-state index in [1.165, 1.54) is 12.1 Å². The van der Waals surface area contributed by atoms with E-state index in [4.69, 9.17) is 10.2 Å². The van der Waals surface area contributed by atoms with E-state index in [1.807, 2.05) is 43.3 Å². The van der Waals surface area contributed by atoms with Gasteiger partial charge in [0.2, 0.25) is 0 Å². The monoisotopic (exact) mass is 523 g/mol. The second kappa shape index (κ2) is 10.3. The van der Waals surface area contributed by atoms with Crippen LogP contribution in [0.15, 0.2) is 81.8 Å². The first kappa shape index (κ1) is 26.1. The Morgan fingerprint density at radius 1 is 1.08 bits per heavy atom. The number of aryl methyl sites for hydroxylation is 1. The number of rotatable bonds is 8. The average Bonchev–Trinajstić information content (AvgIpc) is 3.63. The zero-order valence-electron chi connectivity index (χ0n) is 22.2. The van der Waals surface area contributed by atoms with Crippen molar-refractivity contribution in [1.82, 2.24) is 5.32 Å². The van der Waals surface area contributed by atoms with Gasteiger partial charge in [-0.15, -0.1) is 0 Å². The fraction of sp³-hybridized carbons (Fsp3) is 0.219. The maximum atomic E-state index is 13.5. The Hall–Kier alpha value is -4.52. The van der Waals surface area contributed by atoms with Crippen molar-refractivity contribution in [3.8, 4) is 22.5 Å². The van der Waals surface area contributed by atoms with E-state index in [0.29, 0.717) is 45.5 Å². The number of Topliss-reactive ketones (excluding diaryl/α,β-unsaturated/α-hetero) is 1. The van der Waals surface area contributed by atoms with E-state index in [2.05, 4.69) is 10.3 Å². The number of fused-ring (bicyclic) bond motifs is 1. The molecular weight excluding hydrogens is 493 g/mol. The summed E-state index contributed by atoms with van der Waals surface area (Å²) < 4.78 is 19.6. The fourth-order valence-corrected chi connectivity index (χ4v) is 4.99. The Morgan fingerprint density at radius 3 is 2.46 bits per heavy atom. The highest BCUT2D eigenvalue weighted by Crippen LogP contribution is 2.53. The molecule has 7 heteroatoms. The maximum Gasteiger partial charge on any atom is 0.255 e. The molecule has 1 amide bonds. The standard InChI is InChI=1S/C32H30FN3O3/c1-19-4-5-22(26(37)18-32(13-14-32)28(34)12-15-35-2)17-24(19)21-8-11-27-25(16-21)29(31(38)36-3)30(39-27)20-6-9-23(33)10-7-20/h4-12,15-17H,13-14,18,34H2,1-3H3,(H,36,38). The predicted octanol–water partition coefficient (Wildman–Crippen LogP) is 6.47. The van der Waals surface area contributed by atoms with E-state index in [1.54, 1.807) is 38.5 Å². The van der Waals surface area contributed by atoms with Crippen LogP contribution < -0.4 is 11.1 Å². The van der Waals surface area contributed by atoms with E-state index in [0.717, 1.165) is 29.5 Å². The first-order chi connectivity index (χ1) is 18.8. The first-order valence-corrected chi connectivity index (χ1v) is 12.8. The maximum absolute atomic E-state index is 13.5. The zero-order valence-corrected chi connectivity index (χ0v) is 22.2. The fourth-order valence-electron chi connectivity index (χ4n) is 4.99. The molecule has 0 bridgehead atoms. The number of hydrogen-bond acceptors (Lipinski definition) is 5. The Bertz CT molecular complexity index is 1640. The number of hydrogen-bond donors (Lipinski definition) is 2. The Morgan fingerprint density at radius 2 is 1.79 bits per heavy atom. The highest BCUT2D eigenvalue weighted by Gasteiger charge is 2.46. The summed E-state index contributed by atoms with van der Waals surface area (Å²) in [5, 5.41) is 3.32. The molecule has 0 aliphatic heterocycles. The second-order valence-electron chi connectivity index (χ2n) is 10.0. The number of nitrogens with zero attached hydrogens (tertiary/aromatic N) is 1. The van der Waals surface area contributed by atoms with Crippen molar-refractivity contribution in [1.29, 1.82) is 0 Å². The number of halogens is 1. The summed E-state index contributed by atoms with van der Waals surface area (Å²) in [7, 11) is 3.24. The Kier molecular flexibility index (Phi) is 6.91. The SMILES string of the molecule is CN=CC=C(N)C1(CC(=O)c2ccc(C)c(-c3ccc4oc(-c5ccc(F)cc5)c(C(=O)NC)c4c3)c2)CC1. The molecule has 4 aromatic rings. The second-order valence-corrected chi connectivity index (χ2v) is 10.0. The van der Waals surface area contributed by atoms with Gasteiger partial charge in [-0.05, 0) is 85.0 Å². The number of allylic oxidation sites excluding steroid dienone is 2. The van der Waals surface area contributed by atoms with Crippen molar-refractivity contribution in [2.75, 3.05) is 14.1 Å². The van der Waals surface area contributed by atoms with Crippen LogP contribution in [0.3, 0.4) is 0 Å². The number of carbonyl (C=O) groups is 2. The van der Waals surface area contributed by atoms with Crippen LogP contribution in [-0.4, -0.2) is 32.0 Å². The number of amides is 1. The predicted molar refractivity (Wildman–Crippen MR) is 152 cm³/mol. The number of furan rings is 1. The van der Waals surface area contributed by atoms with Crippen LogP contribution in [0.2, 0.25) is 0 Å². The van der Waals surface area contributed by atoms with E-state index in [9.17, 15) is 14.0 Å². The highest BCUT2D eigenvalue weighted by molar-refractivity contribution is 6.12. The van der Waals surface area contributed by atoms with Gasteiger partial charge in [-0.1, -0.05) is 18.2 Å². The molecule has 1 heterocycles. The summed E-state index contributed by atoms with van der Waals surface area (Å²) in [6.45, 7) is 1.99. The van der Waals surface area contributed by atoms with Crippen molar-refractivity contribution < 1.29 is 18.4 Å². The van der Waals surface area contributed by atoms with Gasteiger partial charge in [0.05, 0.1) is 5.56 Å². The minimum absolute atomic E-state index is 0.0348. The van der Waals surface area contributed by atoms with Gasteiger partial charge in [0.1, 0.15) is 17.2 Å². The Balaban J connectivity index is 1.54. The minimum atomic E-state index is -0.371. The minimum Gasteiger partial charge on any atom is -0.455 e. The lowest BCUT2D eigenvalue weighted by atomic mass is 9.90. The molecule has 198 valence electrons. The van der Waals surface area contributed by atoms with Gasteiger partial charge in [0.15, 0.2) is 5.78 Å². The smallest absolute Gasteiger partial charge is 0.255 e. The third-order valence-electron chi connectivity index (χ3n) is 7.49. The molecule has 0 radical (unpaired) electrons. The highest BCUT2D eigenvalue weighted by atomic mass is 19.1. The van der Waals surface area contributed by atoms with Gasteiger partial charge in [-0.2, -0.15) is 0 Å². The van der Waals surface area contributed by atoms with Crippen molar-refractivity contribution >= 4 is 28.9 Å². The molecule has 0 saturated heterocycles. The number of carbonyl (C=O) groups excluding carboxylic acids is 2. The molecule has 3 N–H and O–H groups in total. The van der Waals surface area contributed by atoms with Gasteiger partial charge < -0.3 is 15.5 Å². The van der Waals surface area contributed by atoms with Crippen LogP contribution in [0.4, 0.5) is 4.39 Å². The normalized spacial score (nSPS) is 14.6. The molecule has 0 atom stereocenters. The largest absolute Gasteiger partial charge is 0.455 e. The van der Waals surface area contributed by atoms with Crippen molar-refractivity contribution in [2.45, 2.75) is 26.2 Å². The number of ketones is 1. The first-order valence-electron chi connectivity index (χ1n) is 12.8. The molecule has 1 aromatic heterocycles. The zero-order chi connectivity index (χ0) is 27.7. The lowest BCUT2D eigenvalue weighted by Crippen LogP contribution is -2.18. The Labute approximate surface area is 226 Å². The van der Waals surface area contributed by atoms with Gasteiger partial charge in [-0.3, -0.25) is 14.6 Å². The third kappa shape index (κ3) is 5.00. The van der Waals surface area contributed by atoms with E-state index >= 15 is 0 Å². The van der Waals surface area contributed by atoms with E-state index < -0.39 is 0 Å². The number of nitrogens with two attached hydrogens (primary N) is 1. The summed E-state index contributed by atoms with van der Waals surface area (Å²) in [5.41, 5.74) is 11.5. The van der Waals surface area contributed by atoms with Crippen LogP contribution in [0, 0.1) is 18.2 Å². The van der Waals surface area contributed by atoms with Crippen LogP contribution in [0.25, 0.3) is 33.4 Å². The molecule has 1 fully saturated rings. The summed E-state index contributed by atoms with van der Waals surface area (Å²) >= 11 is 0. The van der Waals surface area contributed by atoms with Crippen molar-refractivity contribution in [2.24, 2.45) is 16.1 Å². The molecule has 3 aromatic carbocycles. The molecule has 6 nitrogen and oxygen atoms in total. The molecule has 0 unspecified atom stereocenters. The van der Waals surface area contributed by atoms with Gasteiger partial charge in [-0.25, -0.2) is 4.39 Å². The molecular formula is C32H30FN3O3. The number of benzene rings is 3. The molecule has 39 heavy (non-hydrogen) atoms. The van der Waals surface area contributed by atoms with Gasteiger partial charge in [0.25, 0.3) is 5.91 Å². The quantitative estimate of drug-likeness (QED) is 0.204. The molecule has 1 aliphatic rings. The van der Waals surface area contributed by atoms with Crippen LogP contribution >= 0.6 is 0 Å². The van der Waals surface area contributed by atoms with Crippen LogP contribution in [0.1, 0.15) is 45.5 Å². The van der Waals surface area contributed by atoms with Gasteiger partial charge >= 0.3 is 0 Å². The third-order valence-corrected chi connectivity index (χ3v) is 7.49.